The third kappa shape index (κ3) is 7.31. The van der Waals surface area contributed by atoms with E-state index in [1.165, 1.54) is 33.0 Å². The van der Waals surface area contributed by atoms with E-state index in [0.29, 0.717) is 23.3 Å². The highest BCUT2D eigenvalue weighted by molar-refractivity contribution is 6.09. The summed E-state index contributed by atoms with van der Waals surface area (Å²) in [7, 11) is 0. The van der Waals surface area contributed by atoms with E-state index < -0.39 is 0 Å². The van der Waals surface area contributed by atoms with Crippen molar-refractivity contribution in [2.24, 2.45) is 0 Å². The van der Waals surface area contributed by atoms with Gasteiger partial charge in [0, 0.05) is 63.6 Å². The first-order valence-electron chi connectivity index (χ1n) is 22.9. The first-order valence-corrected chi connectivity index (χ1v) is 22.9. The predicted molar refractivity (Wildman–Crippen MR) is 274 cm³/mol. The molecule has 12 rings (SSSR count). The van der Waals surface area contributed by atoms with E-state index in [9.17, 15) is 0 Å². The van der Waals surface area contributed by atoms with E-state index >= 15 is 0 Å². The monoisotopic (exact) mass is 873 g/mol. The average Bonchev–Trinajstić information content (AvgIpc) is 3.64. The standard InChI is InChI=1S/C61H43N7/c1-38-19-28-55(65-37-38)44-13-10-12-43(32-44)45-33-46(51-36-53-56(49-15-5-4-14-48(49)51)50-16-6-7-17-52(50)61(53,2)3)35-47(34-45)60-67-58(41-22-20-39(21-23-41)54-18-8-9-29-62-54)66-59(68-60)42-26-24-40(25-27-42)57-63-30-11-31-64-57/h4-37H,1-3H3. The topological polar surface area (TPSA) is 90.2 Å². The molecule has 7 nitrogen and oxygen atoms in total. The number of hydrogen-bond donors (Lipinski definition) is 0. The molecule has 4 aromatic heterocycles. The molecule has 0 fully saturated rings. The van der Waals surface area contributed by atoms with Gasteiger partial charge in [-0.25, -0.2) is 24.9 Å². The summed E-state index contributed by atoms with van der Waals surface area (Å²) in [4.78, 5) is 34.1. The lowest BCUT2D eigenvalue weighted by Gasteiger charge is -2.23. The molecule has 68 heavy (non-hydrogen) atoms. The molecule has 11 aromatic rings. The Hall–Kier alpha value is -8.81. The maximum absolute atomic E-state index is 5.31. The minimum absolute atomic E-state index is 0.202. The second-order valence-corrected chi connectivity index (χ2v) is 17.9. The Morgan fingerprint density at radius 3 is 1.62 bits per heavy atom. The van der Waals surface area contributed by atoms with Gasteiger partial charge in [0.1, 0.15) is 0 Å². The van der Waals surface area contributed by atoms with Crippen molar-refractivity contribution >= 4 is 10.8 Å². The molecule has 1 aliphatic rings. The van der Waals surface area contributed by atoms with Gasteiger partial charge in [-0.2, -0.15) is 0 Å². The van der Waals surface area contributed by atoms with Crippen molar-refractivity contribution in [3.05, 3.63) is 223 Å². The lowest BCUT2D eigenvalue weighted by atomic mass is 9.80. The summed E-state index contributed by atoms with van der Waals surface area (Å²) in [5, 5.41) is 2.42. The fourth-order valence-corrected chi connectivity index (χ4v) is 9.67. The van der Waals surface area contributed by atoms with Gasteiger partial charge in [0.2, 0.25) is 0 Å². The number of hydrogen-bond acceptors (Lipinski definition) is 7. The van der Waals surface area contributed by atoms with Crippen LogP contribution in [-0.2, 0) is 5.41 Å². The minimum Gasteiger partial charge on any atom is -0.256 e. The smallest absolute Gasteiger partial charge is 0.164 e. The van der Waals surface area contributed by atoms with Crippen molar-refractivity contribution in [3.8, 4) is 101 Å². The molecular formula is C61H43N7. The Kier molecular flexibility index (Phi) is 9.91. The van der Waals surface area contributed by atoms with Gasteiger partial charge in [0.05, 0.1) is 11.4 Å². The van der Waals surface area contributed by atoms with Crippen LogP contribution in [0.5, 0.6) is 0 Å². The fourth-order valence-electron chi connectivity index (χ4n) is 9.67. The van der Waals surface area contributed by atoms with E-state index in [-0.39, 0.29) is 5.41 Å². The number of pyridine rings is 2. The zero-order chi connectivity index (χ0) is 45.8. The molecule has 0 amide bonds. The molecule has 0 spiro atoms. The quantitative estimate of drug-likeness (QED) is 0.150. The Bertz CT molecular complexity index is 3580. The molecule has 0 atom stereocenters. The molecule has 322 valence electrons. The van der Waals surface area contributed by atoms with Gasteiger partial charge in [-0.05, 0) is 122 Å². The molecule has 0 unspecified atom stereocenters. The summed E-state index contributed by atoms with van der Waals surface area (Å²) in [5.74, 6) is 2.34. The van der Waals surface area contributed by atoms with Gasteiger partial charge >= 0.3 is 0 Å². The summed E-state index contributed by atoms with van der Waals surface area (Å²) in [5.41, 5.74) is 17.9. The van der Waals surface area contributed by atoms with Crippen molar-refractivity contribution in [1.82, 2.24) is 34.9 Å². The first-order chi connectivity index (χ1) is 33.3. The van der Waals surface area contributed by atoms with Gasteiger partial charge in [0.15, 0.2) is 23.3 Å². The van der Waals surface area contributed by atoms with Crippen LogP contribution in [0.25, 0.3) is 112 Å². The van der Waals surface area contributed by atoms with Crippen LogP contribution in [0.15, 0.2) is 207 Å². The molecule has 7 aromatic carbocycles. The SMILES string of the molecule is Cc1ccc(-c2cccc(-c3cc(-c4nc(-c5ccc(-c6ccccn6)cc5)nc(-c5ccc(-c6ncccn6)cc5)n4)cc(-c4cc5c(c6ccccc46)-c4ccccc4C5(C)C)c3)c2)nc1. The summed E-state index contributed by atoms with van der Waals surface area (Å²) < 4.78 is 0. The van der Waals surface area contributed by atoms with Crippen molar-refractivity contribution in [2.45, 2.75) is 26.2 Å². The maximum atomic E-state index is 5.31. The lowest BCUT2D eigenvalue weighted by Crippen LogP contribution is -2.15. The number of aryl methyl sites for hydroxylation is 1. The average molecular weight is 874 g/mol. The third-order valence-corrected chi connectivity index (χ3v) is 13.2. The van der Waals surface area contributed by atoms with Gasteiger partial charge in [-0.1, -0.05) is 141 Å². The molecule has 7 heteroatoms. The largest absolute Gasteiger partial charge is 0.256 e. The van der Waals surface area contributed by atoms with Gasteiger partial charge in [-0.15, -0.1) is 0 Å². The second kappa shape index (κ2) is 16.6. The van der Waals surface area contributed by atoms with E-state index in [4.69, 9.17) is 19.9 Å². The fraction of sp³-hybridized carbons (Fsp3) is 0.0656. The van der Waals surface area contributed by atoms with Crippen LogP contribution in [0.2, 0.25) is 0 Å². The Labute approximate surface area is 395 Å². The van der Waals surface area contributed by atoms with Crippen LogP contribution in [0.1, 0.15) is 30.5 Å². The highest BCUT2D eigenvalue weighted by Crippen LogP contribution is 2.53. The zero-order valence-electron chi connectivity index (χ0n) is 37.8. The van der Waals surface area contributed by atoms with E-state index in [1.54, 1.807) is 12.4 Å². The molecule has 0 bridgehead atoms. The van der Waals surface area contributed by atoms with Crippen LogP contribution in [-0.4, -0.2) is 34.9 Å². The molecule has 0 N–H and O–H groups in total. The number of benzene rings is 7. The Balaban J connectivity index is 1.08. The van der Waals surface area contributed by atoms with Crippen LogP contribution in [0.3, 0.4) is 0 Å². The third-order valence-electron chi connectivity index (χ3n) is 13.2. The normalized spacial score (nSPS) is 12.5. The molecular weight excluding hydrogens is 831 g/mol. The summed E-state index contributed by atoms with van der Waals surface area (Å²) in [6.45, 7) is 6.75. The van der Waals surface area contributed by atoms with E-state index in [2.05, 4.69) is 169 Å². The van der Waals surface area contributed by atoms with Crippen molar-refractivity contribution in [2.75, 3.05) is 0 Å². The van der Waals surface area contributed by atoms with Crippen LogP contribution >= 0.6 is 0 Å². The molecule has 1 aliphatic carbocycles. The van der Waals surface area contributed by atoms with Gasteiger partial charge in [-0.3, -0.25) is 9.97 Å². The molecule has 0 saturated carbocycles. The number of aromatic nitrogens is 7. The summed E-state index contributed by atoms with van der Waals surface area (Å²) in [6.07, 6.45) is 7.24. The van der Waals surface area contributed by atoms with Crippen molar-refractivity contribution in [3.63, 3.8) is 0 Å². The zero-order valence-corrected chi connectivity index (χ0v) is 37.8. The Morgan fingerprint density at radius 2 is 0.912 bits per heavy atom. The molecule has 4 heterocycles. The van der Waals surface area contributed by atoms with Crippen LogP contribution in [0.4, 0.5) is 0 Å². The highest BCUT2D eigenvalue weighted by atomic mass is 15.0. The Morgan fingerprint density at radius 1 is 0.338 bits per heavy atom. The van der Waals surface area contributed by atoms with Gasteiger partial charge in [0.25, 0.3) is 0 Å². The number of nitrogens with zero attached hydrogens (tertiary/aromatic N) is 7. The first kappa shape index (κ1) is 40.7. The highest BCUT2D eigenvalue weighted by Gasteiger charge is 2.37. The summed E-state index contributed by atoms with van der Waals surface area (Å²) in [6, 6.07) is 63.9. The van der Waals surface area contributed by atoms with Crippen molar-refractivity contribution < 1.29 is 0 Å². The molecule has 0 radical (unpaired) electrons. The predicted octanol–water partition coefficient (Wildman–Crippen LogP) is 14.6. The lowest BCUT2D eigenvalue weighted by molar-refractivity contribution is 0.661. The minimum atomic E-state index is -0.202. The van der Waals surface area contributed by atoms with Crippen LogP contribution < -0.4 is 0 Å². The van der Waals surface area contributed by atoms with E-state index in [1.807, 2.05) is 60.9 Å². The number of rotatable bonds is 8. The van der Waals surface area contributed by atoms with Gasteiger partial charge < -0.3 is 0 Å². The maximum Gasteiger partial charge on any atom is 0.164 e. The second-order valence-electron chi connectivity index (χ2n) is 17.9. The van der Waals surface area contributed by atoms with Crippen molar-refractivity contribution in [1.29, 1.82) is 0 Å². The van der Waals surface area contributed by atoms with E-state index in [0.717, 1.165) is 72.6 Å². The molecule has 0 saturated heterocycles. The van der Waals surface area contributed by atoms with Crippen LogP contribution in [0, 0.1) is 6.92 Å². The number of fused-ring (bicyclic) bond motifs is 5. The summed E-state index contributed by atoms with van der Waals surface area (Å²) >= 11 is 0. The molecule has 0 aliphatic heterocycles.